The van der Waals surface area contributed by atoms with Crippen molar-refractivity contribution in [3.63, 3.8) is 0 Å². The van der Waals surface area contributed by atoms with Gasteiger partial charge >= 0.3 is 0 Å². The molecule has 4 atom stereocenters. The summed E-state index contributed by atoms with van der Waals surface area (Å²) in [5.74, 6) is 4.15. The molecule has 4 unspecified atom stereocenters. The van der Waals surface area contributed by atoms with Crippen molar-refractivity contribution in [3.8, 4) is 0 Å². The minimum absolute atomic E-state index is 0.750. The fourth-order valence-corrected chi connectivity index (χ4v) is 2.57. The van der Waals surface area contributed by atoms with Crippen molar-refractivity contribution >= 4 is 0 Å². The summed E-state index contributed by atoms with van der Waals surface area (Å²) in [6, 6.07) is 0. The van der Waals surface area contributed by atoms with Gasteiger partial charge in [-0.1, -0.05) is 33.8 Å². The molecule has 1 rings (SSSR count). The molecule has 0 amide bonds. The average Bonchev–Trinajstić information content (AvgIpc) is 2.17. The molecule has 64 valence electrons. The lowest BCUT2D eigenvalue weighted by Crippen LogP contribution is -2.08. The first-order valence-electron chi connectivity index (χ1n) is 4.72. The van der Waals surface area contributed by atoms with Crippen molar-refractivity contribution in [2.75, 3.05) is 0 Å². The van der Waals surface area contributed by atoms with E-state index in [1.54, 1.807) is 0 Å². The van der Waals surface area contributed by atoms with E-state index in [9.17, 15) is 0 Å². The number of rotatable bonds is 1. The van der Waals surface area contributed by atoms with Crippen LogP contribution in [0, 0.1) is 29.6 Å². The van der Waals surface area contributed by atoms with Gasteiger partial charge in [0.25, 0.3) is 0 Å². The molecular formula is C11H20. The zero-order valence-corrected chi connectivity index (χ0v) is 8.17. The van der Waals surface area contributed by atoms with E-state index in [4.69, 9.17) is 0 Å². The lowest BCUT2D eigenvalue weighted by molar-refractivity contribution is 0.352. The van der Waals surface area contributed by atoms with Gasteiger partial charge in [-0.3, -0.25) is 0 Å². The van der Waals surface area contributed by atoms with Crippen LogP contribution in [0.3, 0.4) is 0 Å². The summed E-state index contributed by atoms with van der Waals surface area (Å²) in [6.45, 7) is 13.4. The third-order valence-corrected chi connectivity index (χ3v) is 3.97. The number of allylic oxidation sites excluding steroid dienone is 1. The highest BCUT2D eigenvalue weighted by Crippen LogP contribution is 2.45. The zero-order valence-electron chi connectivity index (χ0n) is 8.17. The van der Waals surface area contributed by atoms with Gasteiger partial charge in [-0.05, 0) is 29.6 Å². The SMILES string of the molecule is C=CC1C(C)C(C)C(C)C1C. The normalized spacial score (nSPS) is 51.1. The lowest BCUT2D eigenvalue weighted by Gasteiger charge is -2.15. The molecule has 1 saturated carbocycles. The van der Waals surface area contributed by atoms with Gasteiger partial charge in [0, 0.05) is 0 Å². The maximum atomic E-state index is 3.91. The summed E-state index contributed by atoms with van der Waals surface area (Å²) < 4.78 is 0. The van der Waals surface area contributed by atoms with Crippen LogP contribution in [0.4, 0.5) is 0 Å². The number of hydrogen-bond donors (Lipinski definition) is 0. The topological polar surface area (TPSA) is 0 Å². The third-order valence-electron chi connectivity index (χ3n) is 3.97. The Labute approximate surface area is 70.7 Å². The van der Waals surface area contributed by atoms with E-state index in [0.29, 0.717) is 0 Å². The largest absolute Gasteiger partial charge is 0.103 e. The van der Waals surface area contributed by atoms with Crippen LogP contribution in [-0.2, 0) is 0 Å². The van der Waals surface area contributed by atoms with Crippen LogP contribution in [0.2, 0.25) is 0 Å². The molecule has 0 heteroatoms. The quantitative estimate of drug-likeness (QED) is 0.505. The van der Waals surface area contributed by atoms with Gasteiger partial charge in [0.15, 0.2) is 0 Å². The van der Waals surface area contributed by atoms with Crippen LogP contribution in [0.25, 0.3) is 0 Å². The monoisotopic (exact) mass is 152 g/mol. The van der Waals surface area contributed by atoms with Crippen LogP contribution in [0.1, 0.15) is 27.7 Å². The zero-order chi connectivity index (χ0) is 8.59. The summed E-state index contributed by atoms with van der Waals surface area (Å²) in [5.41, 5.74) is 0. The van der Waals surface area contributed by atoms with E-state index in [-0.39, 0.29) is 0 Å². The van der Waals surface area contributed by atoms with E-state index in [1.807, 2.05) is 0 Å². The Morgan fingerprint density at radius 3 is 1.36 bits per heavy atom. The Morgan fingerprint density at radius 1 is 0.818 bits per heavy atom. The van der Waals surface area contributed by atoms with Gasteiger partial charge in [0.05, 0.1) is 0 Å². The number of hydrogen-bond acceptors (Lipinski definition) is 0. The molecule has 1 aliphatic rings. The molecule has 0 aromatic heterocycles. The van der Waals surface area contributed by atoms with E-state index in [2.05, 4.69) is 40.3 Å². The van der Waals surface area contributed by atoms with Gasteiger partial charge in [-0.2, -0.15) is 0 Å². The molecule has 11 heavy (non-hydrogen) atoms. The second-order valence-corrected chi connectivity index (χ2v) is 4.25. The Morgan fingerprint density at radius 2 is 1.18 bits per heavy atom. The highest BCUT2D eigenvalue weighted by molar-refractivity contribution is 4.97. The van der Waals surface area contributed by atoms with Crippen LogP contribution < -0.4 is 0 Å². The summed E-state index contributed by atoms with van der Waals surface area (Å²) in [6.07, 6.45) is 2.15. The molecule has 0 nitrogen and oxygen atoms in total. The average molecular weight is 152 g/mol. The molecule has 1 fully saturated rings. The van der Waals surface area contributed by atoms with Crippen LogP contribution in [0.5, 0.6) is 0 Å². The Kier molecular flexibility index (Phi) is 2.41. The molecular weight excluding hydrogens is 132 g/mol. The predicted molar refractivity (Wildman–Crippen MR) is 50.3 cm³/mol. The van der Waals surface area contributed by atoms with Gasteiger partial charge in [0.1, 0.15) is 0 Å². The van der Waals surface area contributed by atoms with E-state index < -0.39 is 0 Å². The summed E-state index contributed by atoms with van der Waals surface area (Å²) in [5, 5.41) is 0. The smallest absolute Gasteiger partial charge is 0.0179 e. The van der Waals surface area contributed by atoms with Crippen molar-refractivity contribution in [2.24, 2.45) is 29.6 Å². The summed E-state index contributed by atoms with van der Waals surface area (Å²) in [4.78, 5) is 0. The van der Waals surface area contributed by atoms with Crippen molar-refractivity contribution in [1.29, 1.82) is 0 Å². The molecule has 1 aliphatic carbocycles. The van der Waals surface area contributed by atoms with Crippen molar-refractivity contribution in [2.45, 2.75) is 27.7 Å². The lowest BCUT2D eigenvalue weighted by atomic mass is 9.90. The molecule has 0 radical (unpaired) electrons. The predicted octanol–water partition coefficient (Wildman–Crippen LogP) is 3.35. The molecule has 0 bridgehead atoms. The molecule has 0 aliphatic heterocycles. The third kappa shape index (κ3) is 1.23. The van der Waals surface area contributed by atoms with Crippen LogP contribution in [0.15, 0.2) is 12.7 Å². The van der Waals surface area contributed by atoms with Crippen molar-refractivity contribution < 1.29 is 0 Å². The maximum Gasteiger partial charge on any atom is -0.0179 e. The molecule has 0 N–H and O–H groups in total. The molecule has 0 heterocycles. The van der Waals surface area contributed by atoms with Crippen LogP contribution in [-0.4, -0.2) is 0 Å². The Bertz CT molecular complexity index is 134. The van der Waals surface area contributed by atoms with E-state index >= 15 is 0 Å². The maximum absolute atomic E-state index is 3.91. The first-order valence-corrected chi connectivity index (χ1v) is 4.72. The van der Waals surface area contributed by atoms with E-state index in [0.717, 1.165) is 29.6 Å². The molecule has 0 aromatic carbocycles. The standard InChI is InChI=1S/C11H20/c1-6-11-9(4)7(2)8(3)10(11)5/h6-11H,1H2,2-5H3. The van der Waals surface area contributed by atoms with Gasteiger partial charge < -0.3 is 0 Å². The minimum atomic E-state index is 0.750. The van der Waals surface area contributed by atoms with Gasteiger partial charge in [-0.25, -0.2) is 0 Å². The Balaban J connectivity index is 2.76. The highest BCUT2D eigenvalue weighted by atomic mass is 14.4. The van der Waals surface area contributed by atoms with Crippen molar-refractivity contribution in [1.82, 2.24) is 0 Å². The second kappa shape index (κ2) is 3.00. The highest BCUT2D eigenvalue weighted by Gasteiger charge is 2.39. The van der Waals surface area contributed by atoms with Gasteiger partial charge in [-0.15, -0.1) is 6.58 Å². The Hall–Kier alpha value is -0.260. The molecule has 0 saturated heterocycles. The summed E-state index contributed by atoms with van der Waals surface area (Å²) >= 11 is 0. The van der Waals surface area contributed by atoms with Gasteiger partial charge in [0.2, 0.25) is 0 Å². The fraction of sp³-hybridized carbons (Fsp3) is 0.818. The van der Waals surface area contributed by atoms with Crippen molar-refractivity contribution in [3.05, 3.63) is 12.7 Å². The molecule has 0 aromatic rings. The summed E-state index contributed by atoms with van der Waals surface area (Å²) in [7, 11) is 0. The van der Waals surface area contributed by atoms with E-state index in [1.165, 1.54) is 0 Å². The fourth-order valence-electron chi connectivity index (χ4n) is 2.57. The first kappa shape index (κ1) is 8.83. The second-order valence-electron chi connectivity index (χ2n) is 4.25. The molecule has 0 spiro atoms. The van der Waals surface area contributed by atoms with Crippen LogP contribution >= 0.6 is 0 Å². The minimum Gasteiger partial charge on any atom is -0.103 e. The first-order chi connectivity index (χ1) is 5.09.